The van der Waals surface area contributed by atoms with Crippen molar-refractivity contribution in [3.8, 4) is 0 Å². The van der Waals surface area contributed by atoms with Crippen LogP contribution in [0.15, 0.2) is 21.1 Å². The number of hydrogen-bond acceptors (Lipinski definition) is 2. The zero-order valence-electron chi connectivity index (χ0n) is 6.80. The molecule has 4 heteroatoms. The third-order valence-electron chi connectivity index (χ3n) is 1.62. The predicted molar refractivity (Wildman–Crippen MR) is 57.2 cm³/mol. The number of halogens is 2. The van der Waals surface area contributed by atoms with Crippen molar-refractivity contribution in [3.05, 3.63) is 32.2 Å². The minimum absolute atomic E-state index is 0.0672. The summed E-state index contributed by atoms with van der Waals surface area (Å²) in [4.78, 5) is 21.7. The molecule has 0 aliphatic heterocycles. The molecule has 0 amide bonds. The topological polar surface area (TPSA) is 34.1 Å². The molecule has 0 saturated heterocycles. The zero-order valence-corrected chi connectivity index (χ0v) is 9.98. The fraction of sp³-hybridized carbons (Fsp3) is 0.111. The molecule has 0 N–H and O–H groups in total. The molecule has 1 rings (SSSR count). The lowest BCUT2D eigenvalue weighted by molar-refractivity contribution is 0.101. The Morgan fingerprint density at radius 3 is 2.46 bits per heavy atom. The molecule has 0 heterocycles. The molecule has 2 nitrogen and oxygen atoms in total. The second-order valence-corrected chi connectivity index (χ2v) is 4.14. The molecule has 0 unspecified atom stereocenters. The molecular weight excluding hydrogens is 300 g/mol. The second kappa shape index (κ2) is 4.15. The Bertz CT molecular complexity index is 372. The van der Waals surface area contributed by atoms with E-state index in [0.29, 0.717) is 26.4 Å². The first kappa shape index (κ1) is 10.6. The van der Waals surface area contributed by atoms with Crippen molar-refractivity contribution in [2.24, 2.45) is 0 Å². The van der Waals surface area contributed by atoms with Gasteiger partial charge in [0.1, 0.15) is 0 Å². The van der Waals surface area contributed by atoms with Crippen LogP contribution in [0.3, 0.4) is 0 Å². The molecule has 13 heavy (non-hydrogen) atoms. The summed E-state index contributed by atoms with van der Waals surface area (Å²) in [6, 6.07) is 3.36. The summed E-state index contributed by atoms with van der Waals surface area (Å²) in [6.07, 6.45) is 0.709. The molecular formula is C9H6Br2O2. The highest BCUT2D eigenvalue weighted by atomic mass is 79.9. The number of hydrogen-bond donors (Lipinski definition) is 0. The summed E-state index contributed by atoms with van der Waals surface area (Å²) >= 11 is 6.43. The summed E-state index contributed by atoms with van der Waals surface area (Å²) in [5.41, 5.74) is 0.984. The maximum atomic E-state index is 11.1. The van der Waals surface area contributed by atoms with E-state index in [0.717, 1.165) is 0 Å². The van der Waals surface area contributed by atoms with Gasteiger partial charge in [0.15, 0.2) is 12.1 Å². The molecule has 0 radical (unpaired) electrons. The molecule has 0 saturated carbocycles. The van der Waals surface area contributed by atoms with Crippen LogP contribution in [0, 0.1) is 0 Å². The summed E-state index contributed by atoms with van der Waals surface area (Å²) in [5.74, 6) is -0.0672. The van der Waals surface area contributed by atoms with Crippen molar-refractivity contribution >= 4 is 43.9 Å². The van der Waals surface area contributed by atoms with Crippen LogP contribution in [0.5, 0.6) is 0 Å². The highest BCUT2D eigenvalue weighted by molar-refractivity contribution is 9.11. The van der Waals surface area contributed by atoms with E-state index in [1.165, 1.54) is 6.92 Å². The van der Waals surface area contributed by atoms with E-state index in [1.54, 1.807) is 12.1 Å². The average Bonchev–Trinajstić information content (AvgIpc) is 2.04. The maximum absolute atomic E-state index is 11.1. The van der Waals surface area contributed by atoms with E-state index in [4.69, 9.17) is 0 Å². The molecule has 68 valence electrons. The first-order valence-electron chi connectivity index (χ1n) is 3.52. The fourth-order valence-corrected chi connectivity index (χ4v) is 2.36. The summed E-state index contributed by atoms with van der Waals surface area (Å²) in [7, 11) is 0. The van der Waals surface area contributed by atoms with E-state index >= 15 is 0 Å². The van der Waals surface area contributed by atoms with Gasteiger partial charge in [-0.1, -0.05) is 15.9 Å². The highest BCUT2D eigenvalue weighted by Crippen LogP contribution is 2.27. The lowest BCUT2D eigenvalue weighted by Crippen LogP contribution is -1.97. The van der Waals surface area contributed by atoms with Gasteiger partial charge >= 0.3 is 0 Å². The van der Waals surface area contributed by atoms with Gasteiger partial charge in [0.05, 0.1) is 0 Å². The molecule has 0 fully saturated rings. The lowest BCUT2D eigenvalue weighted by atomic mass is 10.1. The Balaban J connectivity index is 3.44. The summed E-state index contributed by atoms with van der Waals surface area (Å²) in [6.45, 7) is 1.46. The number of rotatable bonds is 2. The molecule has 0 atom stereocenters. The molecule has 0 aliphatic rings. The Labute approximate surface area is 92.6 Å². The Morgan fingerprint density at radius 2 is 2.00 bits per heavy atom. The average molecular weight is 306 g/mol. The fourth-order valence-electron chi connectivity index (χ4n) is 0.949. The SMILES string of the molecule is CC(=O)c1ccc(Br)c(C=O)c1Br. The first-order valence-corrected chi connectivity index (χ1v) is 5.10. The van der Waals surface area contributed by atoms with Crippen molar-refractivity contribution in [2.45, 2.75) is 6.92 Å². The Kier molecular flexibility index (Phi) is 3.39. The van der Waals surface area contributed by atoms with Gasteiger partial charge in [-0.3, -0.25) is 9.59 Å². The van der Waals surface area contributed by atoms with Crippen LogP contribution >= 0.6 is 31.9 Å². The van der Waals surface area contributed by atoms with Gasteiger partial charge in [0.25, 0.3) is 0 Å². The Morgan fingerprint density at radius 1 is 1.38 bits per heavy atom. The molecule has 0 aromatic heterocycles. The van der Waals surface area contributed by atoms with Crippen molar-refractivity contribution in [3.63, 3.8) is 0 Å². The largest absolute Gasteiger partial charge is 0.298 e. The number of Topliss-reactive ketones (excluding diaryl/α,β-unsaturated/α-hetero) is 1. The molecule has 0 aliphatic carbocycles. The number of ketones is 1. The minimum atomic E-state index is -0.0672. The standard InChI is InChI=1S/C9H6Br2O2/c1-5(13)6-2-3-8(10)7(4-12)9(6)11/h2-4H,1H3. The number of benzene rings is 1. The van der Waals surface area contributed by atoms with E-state index in [1.807, 2.05) is 0 Å². The quantitative estimate of drug-likeness (QED) is 0.621. The number of aldehydes is 1. The van der Waals surface area contributed by atoms with Crippen LogP contribution in [0.25, 0.3) is 0 Å². The van der Waals surface area contributed by atoms with Crippen molar-refractivity contribution in [2.75, 3.05) is 0 Å². The van der Waals surface area contributed by atoms with E-state index in [-0.39, 0.29) is 5.78 Å². The van der Waals surface area contributed by atoms with E-state index in [9.17, 15) is 9.59 Å². The predicted octanol–water partition coefficient (Wildman–Crippen LogP) is 3.23. The van der Waals surface area contributed by atoms with Crippen molar-refractivity contribution in [1.82, 2.24) is 0 Å². The van der Waals surface area contributed by atoms with Gasteiger partial charge in [-0.05, 0) is 35.0 Å². The van der Waals surface area contributed by atoms with Crippen LogP contribution in [0.4, 0.5) is 0 Å². The molecule has 0 spiro atoms. The van der Waals surface area contributed by atoms with Crippen LogP contribution in [0.2, 0.25) is 0 Å². The third-order valence-corrected chi connectivity index (χ3v) is 3.17. The van der Waals surface area contributed by atoms with Gasteiger partial charge in [0.2, 0.25) is 0 Å². The normalized spacial score (nSPS) is 9.77. The van der Waals surface area contributed by atoms with Crippen molar-refractivity contribution in [1.29, 1.82) is 0 Å². The van der Waals surface area contributed by atoms with E-state index < -0.39 is 0 Å². The van der Waals surface area contributed by atoms with Gasteiger partial charge in [-0.25, -0.2) is 0 Å². The second-order valence-electron chi connectivity index (χ2n) is 2.50. The van der Waals surface area contributed by atoms with Gasteiger partial charge in [-0.15, -0.1) is 0 Å². The number of carbonyl (C=O) groups is 2. The lowest BCUT2D eigenvalue weighted by Gasteiger charge is -2.04. The highest BCUT2D eigenvalue weighted by Gasteiger charge is 2.11. The van der Waals surface area contributed by atoms with Crippen molar-refractivity contribution < 1.29 is 9.59 Å². The minimum Gasteiger partial charge on any atom is -0.298 e. The Hall–Kier alpha value is -0.480. The summed E-state index contributed by atoms with van der Waals surface area (Å²) < 4.78 is 1.23. The van der Waals surface area contributed by atoms with Crippen LogP contribution in [0.1, 0.15) is 27.6 Å². The van der Waals surface area contributed by atoms with Gasteiger partial charge < -0.3 is 0 Å². The number of carbonyl (C=O) groups excluding carboxylic acids is 2. The molecule has 0 bridgehead atoms. The summed E-state index contributed by atoms with van der Waals surface area (Å²) in [5, 5.41) is 0. The van der Waals surface area contributed by atoms with E-state index in [2.05, 4.69) is 31.9 Å². The molecule has 1 aromatic rings. The zero-order chi connectivity index (χ0) is 10.0. The maximum Gasteiger partial charge on any atom is 0.160 e. The van der Waals surface area contributed by atoms with Crippen LogP contribution < -0.4 is 0 Å². The van der Waals surface area contributed by atoms with Crippen LogP contribution in [-0.4, -0.2) is 12.1 Å². The monoisotopic (exact) mass is 304 g/mol. The smallest absolute Gasteiger partial charge is 0.160 e. The van der Waals surface area contributed by atoms with Gasteiger partial charge in [-0.2, -0.15) is 0 Å². The van der Waals surface area contributed by atoms with Gasteiger partial charge in [0, 0.05) is 20.1 Å². The molecule has 1 aromatic carbocycles. The first-order chi connectivity index (χ1) is 6.07. The third kappa shape index (κ3) is 2.06. The van der Waals surface area contributed by atoms with Crippen LogP contribution in [-0.2, 0) is 0 Å².